The van der Waals surface area contributed by atoms with E-state index >= 15 is 0 Å². The van der Waals surface area contributed by atoms with Gasteiger partial charge in [0.1, 0.15) is 5.69 Å². The van der Waals surface area contributed by atoms with Crippen LogP contribution in [0.1, 0.15) is 10.5 Å². The molecular weight excluding hydrogens is 398 g/mol. The number of nitrogens with one attached hydrogen (secondary N) is 1. The Labute approximate surface area is 177 Å². The summed E-state index contributed by atoms with van der Waals surface area (Å²) in [7, 11) is 0. The number of nitrogens with zero attached hydrogens (tertiary/aromatic N) is 6. The van der Waals surface area contributed by atoms with E-state index in [2.05, 4.69) is 30.3 Å². The Morgan fingerprint density at radius 3 is 2.57 bits per heavy atom. The van der Waals surface area contributed by atoms with Crippen molar-refractivity contribution < 1.29 is 4.79 Å². The van der Waals surface area contributed by atoms with Crippen LogP contribution in [0.4, 0.5) is 5.82 Å². The van der Waals surface area contributed by atoms with Crippen LogP contribution in [0.25, 0.3) is 22.0 Å². The fraction of sp³-hybridized carbons (Fsp3) is 0.190. The van der Waals surface area contributed by atoms with Gasteiger partial charge in [0.2, 0.25) is 0 Å². The minimum absolute atomic E-state index is 0.0507. The van der Waals surface area contributed by atoms with Gasteiger partial charge in [0.15, 0.2) is 11.5 Å². The summed E-state index contributed by atoms with van der Waals surface area (Å²) in [5.41, 5.74) is 2.86. The van der Waals surface area contributed by atoms with Crippen molar-refractivity contribution in [1.29, 1.82) is 0 Å². The Balaban J connectivity index is 1.21. The summed E-state index contributed by atoms with van der Waals surface area (Å²) in [4.78, 5) is 22.2. The molecule has 150 valence electrons. The van der Waals surface area contributed by atoms with E-state index in [1.165, 1.54) is 0 Å². The Hall–Kier alpha value is -3.59. The molecule has 4 aromatic rings. The van der Waals surface area contributed by atoms with Crippen LogP contribution < -0.4 is 4.90 Å². The number of rotatable bonds is 4. The number of piperazine rings is 1. The van der Waals surface area contributed by atoms with Crippen molar-refractivity contribution in [3.63, 3.8) is 0 Å². The summed E-state index contributed by atoms with van der Waals surface area (Å²) >= 11 is 1.61. The molecule has 9 heteroatoms. The van der Waals surface area contributed by atoms with Gasteiger partial charge in [-0.1, -0.05) is 12.1 Å². The summed E-state index contributed by atoms with van der Waals surface area (Å²) < 4.78 is 0. The molecule has 0 atom stereocenters. The molecule has 0 aromatic carbocycles. The lowest BCUT2D eigenvalue weighted by Gasteiger charge is -2.34. The first-order valence-electron chi connectivity index (χ1n) is 9.66. The molecule has 0 spiro atoms. The van der Waals surface area contributed by atoms with Crippen molar-refractivity contribution in [1.82, 2.24) is 30.3 Å². The number of carbonyl (C=O) groups excluding carboxylic acids is 1. The summed E-state index contributed by atoms with van der Waals surface area (Å²) in [6.45, 7) is 2.63. The topological polar surface area (TPSA) is 90.9 Å². The predicted octanol–water partition coefficient (Wildman–Crippen LogP) is 2.95. The second kappa shape index (κ2) is 8.03. The van der Waals surface area contributed by atoms with Gasteiger partial charge < -0.3 is 9.80 Å². The molecule has 1 N–H and O–H groups in total. The SMILES string of the molecule is O=C(c1cc(-c2cccs2)[nH]n1)N1CCN(c2ccc(-c3ccccn3)nn2)CC1. The maximum absolute atomic E-state index is 12.8. The molecule has 30 heavy (non-hydrogen) atoms. The largest absolute Gasteiger partial charge is 0.352 e. The molecule has 1 amide bonds. The predicted molar refractivity (Wildman–Crippen MR) is 115 cm³/mol. The molecule has 0 saturated carbocycles. The molecule has 0 radical (unpaired) electrons. The van der Waals surface area contributed by atoms with Crippen LogP contribution in [0.5, 0.6) is 0 Å². The zero-order chi connectivity index (χ0) is 20.3. The van der Waals surface area contributed by atoms with E-state index in [0.717, 1.165) is 27.8 Å². The Morgan fingerprint density at radius 1 is 0.967 bits per heavy atom. The summed E-state index contributed by atoms with van der Waals surface area (Å²) in [6, 6.07) is 15.4. The van der Waals surface area contributed by atoms with Crippen molar-refractivity contribution in [2.24, 2.45) is 0 Å². The van der Waals surface area contributed by atoms with Crippen molar-refractivity contribution in [2.75, 3.05) is 31.1 Å². The Morgan fingerprint density at radius 2 is 1.87 bits per heavy atom. The third-order valence-electron chi connectivity index (χ3n) is 5.05. The molecule has 8 nitrogen and oxygen atoms in total. The fourth-order valence-corrected chi connectivity index (χ4v) is 4.13. The van der Waals surface area contributed by atoms with Crippen molar-refractivity contribution in [3.8, 4) is 22.0 Å². The van der Waals surface area contributed by atoms with Gasteiger partial charge >= 0.3 is 0 Å². The lowest BCUT2D eigenvalue weighted by atomic mass is 10.2. The first-order chi connectivity index (χ1) is 14.8. The van der Waals surface area contributed by atoms with E-state index < -0.39 is 0 Å². The summed E-state index contributed by atoms with van der Waals surface area (Å²) in [5.74, 6) is 0.756. The first kappa shape index (κ1) is 18.4. The second-order valence-corrected chi connectivity index (χ2v) is 7.86. The van der Waals surface area contributed by atoms with Crippen LogP contribution >= 0.6 is 11.3 Å². The average Bonchev–Trinajstić information content (AvgIpc) is 3.52. The molecule has 0 aliphatic carbocycles. The molecular formula is C21H19N7OS. The number of H-pyrrole nitrogens is 1. The molecule has 1 aliphatic rings. The van der Waals surface area contributed by atoms with E-state index in [9.17, 15) is 4.79 Å². The van der Waals surface area contributed by atoms with Gasteiger partial charge in [-0.25, -0.2) is 0 Å². The van der Waals surface area contributed by atoms with E-state index in [0.29, 0.717) is 31.9 Å². The standard InChI is InChI=1S/C21H19N7OS/c29-21(18-14-17(24-25-18)19-5-3-13-30-19)28-11-9-27(10-12-28)20-7-6-16(23-26-20)15-4-1-2-8-22-15/h1-8,13-14H,9-12H2,(H,24,25). The van der Waals surface area contributed by atoms with E-state index in [4.69, 9.17) is 0 Å². The maximum Gasteiger partial charge on any atom is 0.274 e. The van der Waals surface area contributed by atoms with Gasteiger partial charge in [-0.3, -0.25) is 14.9 Å². The lowest BCUT2D eigenvalue weighted by molar-refractivity contribution is 0.0740. The van der Waals surface area contributed by atoms with E-state index in [1.54, 1.807) is 17.5 Å². The number of aromatic amines is 1. The number of hydrogen-bond donors (Lipinski definition) is 1. The number of carbonyl (C=O) groups is 1. The van der Waals surface area contributed by atoms with Crippen LogP contribution in [0.2, 0.25) is 0 Å². The number of thiophene rings is 1. The smallest absolute Gasteiger partial charge is 0.274 e. The third kappa shape index (κ3) is 3.67. The highest BCUT2D eigenvalue weighted by molar-refractivity contribution is 7.13. The van der Waals surface area contributed by atoms with Crippen molar-refractivity contribution >= 4 is 23.1 Å². The molecule has 5 rings (SSSR count). The third-order valence-corrected chi connectivity index (χ3v) is 5.96. The van der Waals surface area contributed by atoms with Gasteiger partial charge in [-0.2, -0.15) is 5.10 Å². The maximum atomic E-state index is 12.8. The summed E-state index contributed by atoms with van der Waals surface area (Å²) in [6.07, 6.45) is 1.74. The number of amides is 1. The monoisotopic (exact) mass is 417 g/mol. The average molecular weight is 417 g/mol. The van der Waals surface area contributed by atoms with Gasteiger partial charge in [0.25, 0.3) is 5.91 Å². The Kier molecular flexibility index (Phi) is 4.94. The van der Waals surface area contributed by atoms with Crippen LogP contribution in [0.15, 0.2) is 60.1 Å². The van der Waals surface area contributed by atoms with Crippen LogP contribution in [-0.2, 0) is 0 Å². The first-order valence-corrected chi connectivity index (χ1v) is 10.5. The normalized spacial score (nSPS) is 14.1. The minimum Gasteiger partial charge on any atom is -0.352 e. The fourth-order valence-electron chi connectivity index (χ4n) is 3.43. The number of aromatic nitrogens is 5. The second-order valence-electron chi connectivity index (χ2n) is 6.92. The highest BCUT2D eigenvalue weighted by atomic mass is 32.1. The number of pyridine rings is 1. The lowest BCUT2D eigenvalue weighted by Crippen LogP contribution is -2.49. The van der Waals surface area contributed by atoms with Gasteiger partial charge in [-0.15, -0.1) is 21.5 Å². The Bertz CT molecular complexity index is 1120. The van der Waals surface area contributed by atoms with Gasteiger partial charge in [0.05, 0.1) is 16.3 Å². The molecule has 5 heterocycles. The number of anilines is 1. The van der Waals surface area contributed by atoms with E-state index in [1.807, 2.05) is 58.8 Å². The summed E-state index contributed by atoms with van der Waals surface area (Å²) in [5, 5.41) is 17.8. The van der Waals surface area contributed by atoms with Gasteiger partial charge in [-0.05, 0) is 41.8 Å². The molecule has 0 unspecified atom stereocenters. The minimum atomic E-state index is -0.0507. The number of hydrogen-bond acceptors (Lipinski definition) is 7. The van der Waals surface area contributed by atoms with Crippen molar-refractivity contribution in [3.05, 3.63) is 65.8 Å². The van der Waals surface area contributed by atoms with E-state index in [-0.39, 0.29) is 5.91 Å². The quantitative estimate of drug-likeness (QED) is 0.549. The van der Waals surface area contributed by atoms with Crippen LogP contribution in [0, 0.1) is 0 Å². The highest BCUT2D eigenvalue weighted by Crippen LogP contribution is 2.24. The molecule has 1 aliphatic heterocycles. The van der Waals surface area contributed by atoms with Crippen LogP contribution in [-0.4, -0.2) is 62.4 Å². The molecule has 0 bridgehead atoms. The molecule has 4 aromatic heterocycles. The zero-order valence-corrected chi connectivity index (χ0v) is 16.9. The highest BCUT2D eigenvalue weighted by Gasteiger charge is 2.25. The van der Waals surface area contributed by atoms with Crippen LogP contribution in [0.3, 0.4) is 0 Å². The van der Waals surface area contributed by atoms with Crippen molar-refractivity contribution in [2.45, 2.75) is 0 Å². The van der Waals surface area contributed by atoms with Gasteiger partial charge in [0, 0.05) is 32.4 Å². The zero-order valence-electron chi connectivity index (χ0n) is 16.1. The molecule has 1 saturated heterocycles. The molecule has 1 fully saturated rings.